The standard InChI is InChI=1S/C15H22O/c1-12(2)15(3,4)14(16)11-10-13-8-6-5-7-9-13/h5-9,14,16H,1,10-11H2,2-4H3/t14-/m0/s1. The zero-order valence-electron chi connectivity index (χ0n) is 10.5. The molecule has 1 heteroatoms. The van der Waals surface area contributed by atoms with Gasteiger partial charge in [0.25, 0.3) is 0 Å². The second-order valence-corrected chi connectivity index (χ2v) is 5.04. The van der Waals surface area contributed by atoms with Crippen LogP contribution in [0.1, 0.15) is 32.8 Å². The molecular weight excluding hydrogens is 196 g/mol. The Hall–Kier alpha value is -1.08. The van der Waals surface area contributed by atoms with E-state index < -0.39 is 0 Å². The van der Waals surface area contributed by atoms with Crippen LogP contribution in [0.4, 0.5) is 0 Å². The van der Waals surface area contributed by atoms with Gasteiger partial charge in [0.2, 0.25) is 0 Å². The molecule has 0 aliphatic carbocycles. The number of rotatable bonds is 5. The molecule has 0 radical (unpaired) electrons. The molecule has 0 amide bonds. The van der Waals surface area contributed by atoms with Crippen molar-refractivity contribution in [3.05, 3.63) is 48.0 Å². The second kappa shape index (κ2) is 5.31. The molecule has 0 spiro atoms. The molecule has 1 aromatic rings. The van der Waals surface area contributed by atoms with Crippen LogP contribution in [-0.2, 0) is 6.42 Å². The summed E-state index contributed by atoms with van der Waals surface area (Å²) < 4.78 is 0. The van der Waals surface area contributed by atoms with Crippen molar-refractivity contribution in [2.45, 2.75) is 39.7 Å². The molecule has 0 aliphatic rings. The van der Waals surface area contributed by atoms with E-state index in [1.807, 2.05) is 39.0 Å². The molecule has 16 heavy (non-hydrogen) atoms. The third-order valence-electron chi connectivity index (χ3n) is 3.48. The van der Waals surface area contributed by atoms with Crippen molar-refractivity contribution in [1.82, 2.24) is 0 Å². The smallest absolute Gasteiger partial charge is 0.0631 e. The van der Waals surface area contributed by atoms with Crippen molar-refractivity contribution in [3.8, 4) is 0 Å². The van der Waals surface area contributed by atoms with Crippen molar-refractivity contribution in [2.75, 3.05) is 0 Å². The lowest BCUT2D eigenvalue weighted by molar-refractivity contribution is 0.0673. The van der Waals surface area contributed by atoms with Crippen LogP contribution in [0.15, 0.2) is 42.5 Å². The van der Waals surface area contributed by atoms with Gasteiger partial charge >= 0.3 is 0 Å². The Labute approximate surface area is 98.8 Å². The number of aryl methyl sites for hydroxylation is 1. The minimum Gasteiger partial charge on any atom is -0.392 e. The van der Waals surface area contributed by atoms with Crippen molar-refractivity contribution in [2.24, 2.45) is 5.41 Å². The van der Waals surface area contributed by atoms with Crippen LogP contribution in [-0.4, -0.2) is 11.2 Å². The predicted octanol–water partition coefficient (Wildman–Crippen LogP) is 3.58. The predicted molar refractivity (Wildman–Crippen MR) is 69.4 cm³/mol. The van der Waals surface area contributed by atoms with Gasteiger partial charge in [0.1, 0.15) is 0 Å². The first-order valence-corrected chi connectivity index (χ1v) is 5.82. The summed E-state index contributed by atoms with van der Waals surface area (Å²) in [5.41, 5.74) is 2.11. The Morgan fingerprint density at radius 1 is 1.31 bits per heavy atom. The van der Waals surface area contributed by atoms with E-state index in [2.05, 4.69) is 18.7 Å². The summed E-state index contributed by atoms with van der Waals surface area (Å²) in [6, 6.07) is 10.3. The molecule has 0 saturated heterocycles. The average molecular weight is 218 g/mol. The molecule has 1 N–H and O–H groups in total. The van der Waals surface area contributed by atoms with Crippen LogP contribution in [0, 0.1) is 5.41 Å². The van der Waals surface area contributed by atoms with E-state index in [4.69, 9.17) is 0 Å². The number of aliphatic hydroxyl groups excluding tert-OH is 1. The maximum Gasteiger partial charge on any atom is 0.0631 e. The van der Waals surface area contributed by atoms with Gasteiger partial charge in [0.05, 0.1) is 6.10 Å². The van der Waals surface area contributed by atoms with E-state index in [1.54, 1.807) is 0 Å². The normalized spacial score (nSPS) is 13.5. The third-order valence-corrected chi connectivity index (χ3v) is 3.48. The molecule has 0 unspecified atom stereocenters. The first-order chi connectivity index (χ1) is 7.44. The van der Waals surface area contributed by atoms with E-state index in [0.717, 1.165) is 18.4 Å². The van der Waals surface area contributed by atoms with Gasteiger partial charge in [-0.2, -0.15) is 0 Å². The largest absolute Gasteiger partial charge is 0.392 e. The molecule has 0 heterocycles. The number of aliphatic hydroxyl groups is 1. The summed E-state index contributed by atoms with van der Waals surface area (Å²) in [7, 11) is 0. The van der Waals surface area contributed by atoms with Crippen molar-refractivity contribution >= 4 is 0 Å². The fourth-order valence-electron chi connectivity index (χ4n) is 1.59. The summed E-state index contributed by atoms with van der Waals surface area (Å²) in [5, 5.41) is 10.1. The van der Waals surface area contributed by atoms with Crippen molar-refractivity contribution in [1.29, 1.82) is 0 Å². The zero-order valence-corrected chi connectivity index (χ0v) is 10.5. The van der Waals surface area contributed by atoms with Crippen LogP contribution >= 0.6 is 0 Å². The van der Waals surface area contributed by atoms with E-state index >= 15 is 0 Å². The Kier molecular flexibility index (Phi) is 4.31. The molecule has 0 aliphatic heterocycles. The maximum atomic E-state index is 10.1. The monoisotopic (exact) mass is 218 g/mol. The van der Waals surface area contributed by atoms with Gasteiger partial charge in [-0.15, -0.1) is 0 Å². The maximum absolute atomic E-state index is 10.1. The number of hydrogen-bond donors (Lipinski definition) is 1. The van der Waals surface area contributed by atoms with Crippen molar-refractivity contribution < 1.29 is 5.11 Å². The van der Waals surface area contributed by atoms with Gasteiger partial charge in [0.15, 0.2) is 0 Å². The topological polar surface area (TPSA) is 20.2 Å². The second-order valence-electron chi connectivity index (χ2n) is 5.04. The summed E-state index contributed by atoms with van der Waals surface area (Å²) in [6.07, 6.45) is 1.37. The Balaban J connectivity index is 2.53. The summed E-state index contributed by atoms with van der Waals surface area (Å²) in [5.74, 6) is 0. The molecular formula is C15H22O. The first kappa shape index (κ1) is 13.0. The quantitative estimate of drug-likeness (QED) is 0.749. The highest BCUT2D eigenvalue weighted by Gasteiger charge is 2.27. The van der Waals surface area contributed by atoms with E-state index in [0.29, 0.717) is 0 Å². The van der Waals surface area contributed by atoms with Crippen LogP contribution in [0.5, 0.6) is 0 Å². The highest BCUT2D eigenvalue weighted by atomic mass is 16.3. The van der Waals surface area contributed by atoms with Crippen LogP contribution in [0.3, 0.4) is 0 Å². The average Bonchev–Trinajstić information content (AvgIpc) is 2.27. The van der Waals surface area contributed by atoms with E-state index in [9.17, 15) is 5.11 Å². The van der Waals surface area contributed by atoms with Gasteiger partial charge in [-0.1, -0.05) is 56.3 Å². The van der Waals surface area contributed by atoms with Crippen LogP contribution < -0.4 is 0 Å². The van der Waals surface area contributed by atoms with Gasteiger partial charge in [-0.3, -0.25) is 0 Å². The molecule has 1 atom stereocenters. The van der Waals surface area contributed by atoms with Crippen LogP contribution in [0.2, 0.25) is 0 Å². The van der Waals surface area contributed by atoms with Gasteiger partial charge in [-0.25, -0.2) is 0 Å². The molecule has 1 rings (SSSR count). The Bertz CT molecular complexity index is 338. The lowest BCUT2D eigenvalue weighted by Crippen LogP contribution is -2.30. The highest BCUT2D eigenvalue weighted by molar-refractivity contribution is 5.15. The first-order valence-electron chi connectivity index (χ1n) is 5.82. The zero-order chi connectivity index (χ0) is 12.2. The molecule has 0 aromatic heterocycles. The lowest BCUT2D eigenvalue weighted by Gasteiger charge is -2.31. The van der Waals surface area contributed by atoms with Crippen LogP contribution in [0.25, 0.3) is 0 Å². The SMILES string of the molecule is C=C(C)C(C)(C)[C@@H](O)CCc1ccccc1. The fourth-order valence-corrected chi connectivity index (χ4v) is 1.59. The minimum atomic E-state index is -0.329. The molecule has 1 aromatic carbocycles. The minimum absolute atomic E-state index is 0.200. The summed E-state index contributed by atoms with van der Waals surface area (Å²) >= 11 is 0. The molecule has 1 nitrogen and oxygen atoms in total. The summed E-state index contributed by atoms with van der Waals surface area (Å²) in [4.78, 5) is 0. The van der Waals surface area contributed by atoms with Gasteiger partial charge in [-0.05, 0) is 25.3 Å². The van der Waals surface area contributed by atoms with Crippen molar-refractivity contribution in [3.63, 3.8) is 0 Å². The Morgan fingerprint density at radius 2 is 1.88 bits per heavy atom. The number of benzene rings is 1. The molecule has 0 bridgehead atoms. The highest BCUT2D eigenvalue weighted by Crippen LogP contribution is 2.31. The Morgan fingerprint density at radius 3 is 2.38 bits per heavy atom. The van der Waals surface area contributed by atoms with E-state index in [1.165, 1.54) is 5.56 Å². The molecule has 0 fully saturated rings. The molecule has 88 valence electrons. The fraction of sp³-hybridized carbons (Fsp3) is 0.467. The lowest BCUT2D eigenvalue weighted by atomic mass is 9.78. The third kappa shape index (κ3) is 3.21. The number of hydrogen-bond acceptors (Lipinski definition) is 1. The van der Waals surface area contributed by atoms with E-state index in [-0.39, 0.29) is 11.5 Å². The van der Waals surface area contributed by atoms with Gasteiger partial charge in [0, 0.05) is 5.41 Å². The molecule has 0 saturated carbocycles. The summed E-state index contributed by atoms with van der Waals surface area (Å²) in [6.45, 7) is 10.0. The van der Waals surface area contributed by atoms with Gasteiger partial charge < -0.3 is 5.11 Å².